The molecule has 1 atom stereocenters. The van der Waals surface area contributed by atoms with Gasteiger partial charge in [0.2, 0.25) is 5.91 Å². The van der Waals surface area contributed by atoms with E-state index in [2.05, 4.69) is 25.1 Å². The van der Waals surface area contributed by atoms with Crippen LogP contribution >= 0.6 is 0 Å². The van der Waals surface area contributed by atoms with Crippen LogP contribution in [0.4, 0.5) is 17.1 Å². The summed E-state index contributed by atoms with van der Waals surface area (Å²) < 4.78 is 0. The number of nitro groups is 1. The highest BCUT2D eigenvalue weighted by molar-refractivity contribution is 5.96. The number of carbonyl (C=O) groups is 1. The molecule has 0 saturated carbocycles. The highest BCUT2D eigenvalue weighted by Crippen LogP contribution is 2.21. The van der Waals surface area contributed by atoms with Gasteiger partial charge in [-0.1, -0.05) is 0 Å². The predicted octanol–water partition coefficient (Wildman–Crippen LogP) is 1.91. The zero-order chi connectivity index (χ0) is 21.3. The van der Waals surface area contributed by atoms with E-state index in [9.17, 15) is 19.7 Å². The van der Waals surface area contributed by atoms with Crippen molar-refractivity contribution < 1.29 is 9.72 Å². The number of nitro benzene ring substituents is 1. The van der Waals surface area contributed by atoms with Crippen molar-refractivity contribution in [2.75, 3.05) is 36.4 Å². The van der Waals surface area contributed by atoms with Crippen molar-refractivity contribution in [1.29, 1.82) is 0 Å². The summed E-state index contributed by atoms with van der Waals surface area (Å²) in [7, 11) is 0. The van der Waals surface area contributed by atoms with Crippen molar-refractivity contribution in [2.24, 2.45) is 0 Å². The number of benzene rings is 2. The number of piperazine rings is 1. The van der Waals surface area contributed by atoms with Crippen molar-refractivity contribution in [2.45, 2.75) is 13.0 Å². The lowest BCUT2D eigenvalue weighted by molar-refractivity contribution is -0.384. The maximum atomic E-state index is 12.7. The zero-order valence-corrected chi connectivity index (χ0v) is 16.4. The van der Waals surface area contributed by atoms with Crippen LogP contribution in [0.3, 0.4) is 0 Å². The summed E-state index contributed by atoms with van der Waals surface area (Å²) >= 11 is 0. The minimum Gasteiger partial charge on any atom is -0.369 e. The summed E-state index contributed by atoms with van der Waals surface area (Å²) in [5.41, 5.74) is 2.68. The molecule has 0 bridgehead atoms. The Morgan fingerprint density at radius 1 is 1.07 bits per heavy atom. The van der Waals surface area contributed by atoms with Crippen LogP contribution in [0.5, 0.6) is 0 Å². The van der Waals surface area contributed by atoms with Crippen molar-refractivity contribution in [3.63, 3.8) is 0 Å². The number of rotatable bonds is 5. The van der Waals surface area contributed by atoms with Gasteiger partial charge in [0.25, 0.3) is 5.69 Å². The minimum atomic E-state index is -0.409. The predicted molar refractivity (Wildman–Crippen MR) is 114 cm³/mol. The Hall–Kier alpha value is -3.66. The van der Waals surface area contributed by atoms with Gasteiger partial charge in [0, 0.05) is 49.7 Å². The van der Waals surface area contributed by atoms with Crippen LogP contribution in [0.25, 0.3) is 11.0 Å². The lowest BCUT2D eigenvalue weighted by Gasteiger charge is -2.38. The van der Waals surface area contributed by atoms with Gasteiger partial charge >= 0.3 is 5.69 Å². The molecular weight excluding hydrogens is 388 g/mol. The maximum Gasteiger partial charge on any atom is 0.323 e. The molecule has 1 fully saturated rings. The standard InChI is InChI=1S/C20H22N6O4/c1-13(19(27)21-14-2-7-17-18(12-14)23-20(28)22-17)24-8-10-25(11-9-24)15-3-5-16(6-4-15)26(29)30/h2-7,12-13H,8-11H2,1H3,(H,21,27)(H2,22,23,28). The number of aromatic amines is 2. The molecule has 10 heteroatoms. The first-order valence-electron chi connectivity index (χ1n) is 9.67. The molecule has 0 spiro atoms. The molecule has 156 valence electrons. The molecule has 0 aliphatic carbocycles. The summed E-state index contributed by atoms with van der Waals surface area (Å²) in [6, 6.07) is 11.4. The normalized spacial score (nSPS) is 15.8. The molecule has 1 amide bonds. The topological polar surface area (TPSA) is 127 Å². The van der Waals surface area contributed by atoms with Gasteiger partial charge in [-0.2, -0.15) is 0 Å². The Morgan fingerprint density at radius 2 is 1.73 bits per heavy atom. The van der Waals surface area contributed by atoms with Gasteiger partial charge in [-0.25, -0.2) is 4.79 Å². The highest BCUT2D eigenvalue weighted by Gasteiger charge is 2.26. The minimum absolute atomic E-state index is 0.0737. The van der Waals surface area contributed by atoms with E-state index in [0.717, 1.165) is 18.8 Å². The average Bonchev–Trinajstić information content (AvgIpc) is 3.12. The number of amides is 1. The van der Waals surface area contributed by atoms with E-state index < -0.39 is 4.92 Å². The van der Waals surface area contributed by atoms with Gasteiger partial charge in [0.15, 0.2) is 0 Å². The van der Waals surface area contributed by atoms with Crippen LogP contribution in [0.1, 0.15) is 6.92 Å². The number of aromatic nitrogens is 2. The summed E-state index contributed by atoms with van der Waals surface area (Å²) in [6.45, 7) is 4.73. The molecule has 1 aliphatic rings. The Bertz CT molecular complexity index is 1130. The van der Waals surface area contributed by atoms with E-state index in [4.69, 9.17) is 0 Å². The fourth-order valence-corrected chi connectivity index (χ4v) is 3.68. The number of non-ortho nitro benzene ring substituents is 1. The first kappa shape index (κ1) is 19.6. The summed E-state index contributed by atoms with van der Waals surface area (Å²) in [4.78, 5) is 44.1. The monoisotopic (exact) mass is 410 g/mol. The van der Waals surface area contributed by atoms with E-state index in [1.165, 1.54) is 12.1 Å². The van der Waals surface area contributed by atoms with Crippen LogP contribution in [-0.2, 0) is 4.79 Å². The molecular formula is C20H22N6O4. The third-order valence-corrected chi connectivity index (χ3v) is 5.45. The Kier molecular flexibility index (Phi) is 5.23. The number of imidazole rings is 1. The number of carbonyl (C=O) groups excluding carboxylic acids is 1. The van der Waals surface area contributed by atoms with E-state index in [0.29, 0.717) is 29.8 Å². The molecule has 10 nitrogen and oxygen atoms in total. The number of anilines is 2. The maximum absolute atomic E-state index is 12.7. The summed E-state index contributed by atoms with van der Waals surface area (Å²) in [6.07, 6.45) is 0. The van der Waals surface area contributed by atoms with Crippen molar-refractivity contribution in [1.82, 2.24) is 14.9 Å². The Balaban J connectivity index is 1.34. The number of nitrogens with zero attached hydrogens (tertiary/aromatic N) is 3. The third kappa shape index (κ3) is 4.03. The molecule has 3 N–H and O–H groups in total. The quantitative estimate of drug-likeness (QED) is 0.436. The molecule has 1 aliphatic heterocycles. The Labute approximate surface area is 171 Å². The van der Waals surface area contributed by atoms with Crippen molar-refractivity contribution in [3.05, 3.63) is 63.1 Å². The number of hydrogen-bond donors (Lipinski definition) is 3. The molecule has 0 radical (unpaired) electrons. The average molecular weight is 410 g/mol. The first-order valence-corrected chi connectivity index (χ1v) is 9.67. The van der Waals surface area contributed by atoms with Gasteiger partial charge in [-0.15, -0.1) is 0 Å². The summed E-state index contributed by atoms with van der Waals surface area (Å²) in [5.74, 6) is -0.115. The van der Waals surface area contributed by atoms with Crippen LogP contribution in [0, 0.1) is 10.1 Å². The van der Waals surface area contributed by atoms with E-state index in [-0.39, 0.29) is 23.3 Å². The fraction of sp³-hybridized carbons (Fsp3) is 0.300. The molecule has 1 saturated heterocycles. The SMILES string of the molecule is CC(C(=O)Nc1ccc2[nH]c(=O)[nH]c2c1)N1CCN(c2ccc([N+](=O)[O-])cc2)CC1. The van der Waals surface area contributed by atoms with Gasteiger partial charge in [-0.3, -0.25) is 19.8 Å². The smallest absolute Gasteiger partial charge is 0.323 e. The molecule has 4 rings (SSSR count). The zero-order valence-electron chi connectivity index (χ0n) is 16.4. The molecule has 3 aromatic rings. The largest absolute Gasteiger partial charge is 0.369 e. The van der Waals surface area contributed by atoms with Crippen LogP contribution in [0.2, 0.25) is 0 Å². The first-order chi connectivity index (χ1) is 14.4. The second kappa shape index (κ2) is 7.99. The number of H-pyrrole nitrogens is 2. The lowest BCUT2D eigenvalue weighted by Crippen LogP contribution is -2.52. The fourth-order valence-electron chi connectivity index (χ4n) is 3.68. The van der Waals surface area contributed by atoms with Crippen molar-refractivity contribution in [3.8, 4) is 0 Å². The van der Waals surface area contributed by atoms with E-state index >= 15 is 0 Å². The van der Waals surface area contributed by atoms with Gasteiger partial charge in [-0.05, 0) is 37.3 Å². The molecule has 1 unspecified atom stereocenters. The molecule has 2 aromatic carbocycles. The second-order valence-electron chi connectivity index (χ2n) is 7.30. The molecule has 1 aromatic heterocycles. The van der Waals surface area contributed by atoms with Crippen LogP contribution in [-0.4, -0.2) is 57.9 Å². The second-order valence-corrected chi connectivity index (χ2v) is 7.30. The summed E-state index contributed by atoms with van der Waals surface area (Å²) in [5, 5.41) is 13.7. The van der Waals surface area contributed by atoms with E-state index in [1.54, 1.807) is 30.3 Å². The third-order valence-electron chi connectivity index (χ3n) is 5.45. The van der Waals surface area contributed by atoms with Crippen molar-refractivity contribution >= 4 is 34.0 Å². The Morgan fingerprint density at radius 3 is 2.40 bits per heavy atom. The number of fused-ring (bicyclic) bond motifs is 1. The van der Waals surface area contributed by atoms with Crippen LogP contribution in [0.15, 0.2) is 47.3 Å². The number of nitrogens with one attached hydrogen (secondary N) is 3. The molecule has 2 heterocycles. The van der Waals surface area contributed by atoms with Gasteiger partial charge in [0.1, 0.15) is 0 Å². The lowest BCUT2D eigenvalue weighted by atomic mass is 10.2. The molecule has 30 heavy (non-hydrogen) atoms. The van der Waals surface area contributed by atoms with Gasteiger partial charge in [0.05, 0.1) is 22.0 Å². The van der Waals surface area contributed by atoms with Gasteiger partial charge < -0.3 is 20.2 Å². The number of hydrogen-bond acceptors (Lipinski definition) is 6. The van der Waals surface area contributed by atoms with Crippen LogP contribution < -0.4 is 15.9 Å². The van der Waals surface area contributed by atoms with E-state index in [1.807, 2.05) is 6.92 Å². The highest BCUT2D eigenvalue weighted by atomic mass is 16.6.